The number of nitrogens with one attached hydrogen (secondary N) is 2. The van der Waals surface area contributed by atoms with E-state index in [1.807, 2.05) is 32.3 Å². The van der Waals surface area contributed by atoms with Crippen LogP contribution in [0.1, 0.15) is 52.7 Å². The zero-order chi connectivity index (χ0) is 21.3. The Hall–Kier alpha value is -2.28. The van der Waals surface area contributed by atoms with Crippen LogP contribution < -0.4 is 20.4 Å². The van der Waals surface area contributed by atoms with Crippen LogP contribution in [0.4, 0.5) is 5.69 Å². The Morgan fingerprint density at radius 1 is 1.17 bits per heavy atom. The van der Waals surface area contributed by atoms with Gasteiger partial charge in [-0.1, -0.05) is 20.8 Å². The van der Waals surface area contributed by atoms with Gasteiger partial charge in [-0.15, -0.1) is 0 Å². The van der Waals surface area contributed by atoms with Gasteiger partial charge >= 0.3 is 0 Å². The topological polar surface area (TPSA) is 71.0 Å². The first-order chi connectivity index (χ1) is 14.2. The Balaban J connectivity index is 2.92. The van der Waals surface area contributed by atoms with Gasteiger partial charge in [-0.2, -0.15) is 5.10 Å². The van der Waals surface area contributed by atoms with E-state index in [1.54, 1.807) is 0 Å². The highest BCUT2D eigenvalue weighted by molar-refractivity contribution is 5.62. The van der Waals surface area contributed by atoms with Crippen molar-refractivity contribution in [1.82, 2.24) is 15.7 Å². The summed E-state index contributed by atoms with van der Waals surface area (Å²) in [6.07, 6.45) is 7.49. The van der Waals surface area contributed by atoms with E-state index in [9.17, 15) is 0 Å². The van der Waals surface area contributed by atoms with Gasteiger partial charge in [0.05, 0.1) is 12.3 Å². The van der Waals surface area contributed by atoms with Crippen LogP contribution in [-0.4, -0.2) is 51.1 Å². The summed E-state index contributed by atoms with van der Waals surface area (Å²) in [5.41, 5.74) is 5.04. The van der Waals surface area contributed by atoms with Crippen LogP contribution in [0.3, 0.4) is 0 Å². The molecule has 1 rings (SSSR count). The lowest BCUT2D eigenvalue weighted by atomic mass is 10.2. The van der Waals surface area contributed by atoms with Gasteiger partial charge in [0, 0.05) is 44.0 Å². The van der Waals surface area contributed by atoms with Crippen molar-refractivity contribution in [3.05, 3.63) is 29.8 Å². The minimum Gasteiger partial charge on any atom is -0.479 e. The molecule has 0 saturated carbocycles. The van der Waals surface area contributed by atoms with Gasteiger partial charge in [-0.05, 0) is 45.4 Å². The molecule has 164 valence electrons. The third-order valence-electron chi connectivity index (χ3n) is 4.05. The van der Waals surface area contributed by atoms with Crippen molar-refractivity contribution in [3.63, 3.8) is 0 Å². The molecule has 0 aliphatic heterocycles. The van der Waals surface area contributed by atoms with Crippen molar-refractivity contribution in [3.8, 4) is 5.88 Å². The molecule has 0 bridgehead atoms. The molecule has 0 aliphatic rings. The summed E-state index contributed by atoms with van der Waals surface area (Å²) >= 11 is 0. The van der Waals surface area contributed by atoms with Crippen molar-refractivity contribution < 1.29 is 9.47 Å². The number of hydrazone groups is 1. The van der Waals surface area contributed by atoms with Crippen LogP contribution in [0, 0.1) is 0 Å². The molecule has 0 radical (unpaired) electrons. The molecule has 1 aromatic heterocycles. The second kappa shape index (κ2) is 15.6. The van der Waals surface area contributed by atoms with Crippen LogP contribution in [0.25, 0.3) is 0 Å². The monoisotopic (exact) mass is 405 g/mol. The van der Waals surface area contributed by atoms with E-state index >= 15 is 0 Å². The van der Waals surface area contributed by atoms with Crippen molar-refractivity contribution >= 4 is 11.9 Å². The molecule has 1 heterocycles. The largest absolute Gasteiger partial charge is 0.479 e. The molecule has 0 atom stereocenters. The molecule has 0 amide bonds. The average molecular weight is 406 g/mol. The Morgan fingerprint density at radius 3 is 2.55 bits per heavy atom. The molecule has 0 saturated heterocycles. The first-order valence-corrected chi connectivity index (χ1v) is 10.8. The lowest BCUT2D eigenvalue weighted by Crippen LogP contribution is -2.25. The molecule has 7 nitrogen and oxygen atoms in total. The molecular formula is C22H39N5O2. The van der Waals surface area contributed by atoms with Gasteiger partial charge in [-0.3, -0.25) is 0 Å². The van der Waals surface area contributed by atoms with E-state index in [1.165, 1.54) is 0 Å². The second-order valence-corrected chi connectivity index (χ2v) is 6.63. The number of ether oxygens (including phenoxy) is 2. The minimum atomic E-state index is 0.586. The summed E-state index contributed by atoms with van der Waals surface area (Å²) in [6.45, 7) is 12.4. The molecule has 0 aromatic carbocycles. The number of hydrogen-bond donors (Lipinski definition) is 2. The third kappa shape index (κ3) is 10.2. The van der Waals surface area contributed by atoms with Gasteiger partial charge in [0.25, 0.3) is 0 Å². The maximum atomic E-state index is 5.85. The number of pyridine rings is 1. The normalized spacial score (nSPS) is 11.7. The van der Waals surface area contributed by atoms with Gasteiger partial charge in [0.2, 0.25) is 11.8 Å². The highest BCUT2D eigenvalue weighted by Crippen LogP contribution is 2.22. The fraction of sp³-hybridized carbons (Fsp3) is 0.636. The summed E-state index contributed by atoms with van der Waals surface area (Å²) in [7, 11) is 1.91. The SMILES string of the molecule is CC/C=C(/N/N=C/Cc1cc(N(CCC)CCC)cc(OCCNC)n1)OCC. The van der Waals surface area contributed by atoms with Crippen molar-refractivity contribution in [2.24, 2.45) is 5.10 Å². The van der Waals surface area contributed by atoms with Crippen LogP contribution in [0.15, 0.2) is 29.2 Å². The van der Waals surface area contributed by atoms with Crippen LogP contribution in [0.5, 0.6) is 5.88 Å². The summed E-state index contributed by atoms with van der Waals surface area (Å²) in [5.74, 6) is 1.34. The standard InChI is InChI=1S/C22H39N5O2/c1-6-10-21(28-9-4)26-24-12-11-19-17-20(27(14-7-2)15-8-3)18-22(25-19)29-16-13-23-5/h10,12,17-18,23,26H,6-9,11,13-16H2,1-5H3/b21-10-,24-12+. The predicted molar refractivity (Wildman–Crippen MR) is 122 cm³/mol. The van der Waals surface area contributed by atoms with E-state index in [4.69, 9.17) is 9.47 Å². The first kappa shape index (κ1) is 24.8. The number of likely N-dealkylation sites (N-methyl/N-ethyl adjacent to an activating group) is 1. The molecule has 7 heteroatoms. The van der Waals surface area contributed by atoms with Crippen molar-refractivity contribution in [1.29, 1.82) is 0 Å². The quantitative estimate of drug-likeness (QED) is 0.189. The number of rotatable bonds is 16. The molecule has 0 spiro atoms. The zero-order valence-electron chi connectivity index (χ0n) is 18.8. The number of nitrogens with zero attached hydrogens (tertiary/aromatic N) is 3. The van der Waals surface area contributed by atoms with E-state index < -0.39 is 0 Å². The molecule has 2 N–H and O–H groups in total. The minimum absolute atomic E-state index is 0.586. The van der Waals surface area contributed by atoms with Crippen molar-refractivity contribution in [2.45, 2.75) is 53.4 Å². The molecule has 0 fully saturated rings. The molecule has 0 aliphatic carbocycles. The average Bonchev–Trinajstić information content (AvgIpc) is 2.71. The fourth-order valence-electron chi connectivity index (χ4n) is 2.80. The van der Waals surface area contributed by atoms with Crippen LogP contribution in [-0.2, 0) is 11.2 Å². The van der Waals surface area contributed by atoms with Crippen LogP contribution >= 0.6 is 0 Å². The fourth-order valence-corrected chi connectivity index (χ4v) is 2.80. The number of aromatic nitrogens is 1. The van der Waals surface area contributed by atoms with E-state index in [0.29, 0.717) is 31.4 Å². The Bertz CT molecular complexity index is 613. The Kier molecular flexibility index (Phi) is 13.3. The van der Waals surface area contributed by atoms with Gasteiger partial charge in [0.1, 0.15) is 6.61 Å². The third-order valence-corrected chi connectivity index (χ3v) is 4.05. The number of allylic oxidation sites excluding steroid dienone is 1. The highest BCUT2D eigenvalue weighted by atomic mass is 16.5. The molecule has 29 heavy (non-hydrogen) atoms. The highest BCUT2D eigenvalue weighted by Gasteiger charge is 2.10. The van der Waals surface area contributed by atoms with Gasteiger partial charge in [0.15, 0.2) is 0 Å². The predicted octanol–water partition coefficient (Wildman–Crippen LogP) is 3.71. The van der Waals surface area contributed by atoms with E-state index in [-0.39, 0.29) is 0 Å². The maximum absolute atomic E-state index is 5.85. The van der Waals surface area contributed by atoms with Crippen molar-refractivity contribution in [2.75, 3.05) is 44.8 Å². The van der Waals surface area contributed by atoms with E-state index in [0.717, 1.165) is 50.3 Å². The lowest BCUT2D eigenvalue weighted by Gasteiger charge is -2.24. The van der Waals surface area contributed by atoms with Gasteiger partial charge < -0.3 is 19.7 Å². The summed E-state index contributed by atoms with van der Waals surface area (Å²) in [5, 5.41) is 7.38. The Labute approximate surface area is 176 Å². The summed E-state index contributed by atoms with van der Waals surface area (Å²) < 4.78 is 11.4. The smallest absolute Gasteiger partial charge is 0.215 e. The molecular weight excluding hydrogens is 366 g/mol. The van der Waals surface area contributed by atoms with Crippen LogP contribution in [0.2, 0.25) is 0 Å². The Morgan fingerprint density at radius 2 is 1.93 bits per heavy atom. The summed E-state index contributed by atoms with van der Waals surface area (Å²) in [6, 6.07) is 4.17. The van der Waals surface area contributed by atoms with Gasteiger partial charge in [-0.25, -0.2) is 10.4 Å². The maximum Gasteiger partial charge on any atom is 0.215 e. The molecule has 1 aromatic rings. The summed E-state index contributed by atoms with van der Waals surface area (Å²) in [4.78, 5) is 7.05. The second-order valence-electron chi connectivity index (χ2n) is 6.63. The first-order valence-electron chi connectivity index (χ1n) is 10.8. The zero-order valence-corrected chi connectivity index (χ0v) is 18.8. The van der Waals surface area contributed by atoms with E-state index in [2.05, 4.69) is 52.6 Å². The number of hydrogen-bond acceptors (Lipinski definition) is 7. The molecule has 0 unspecified atom stereocenters. The lowest BCUT2D eigenvalue weighted by molar-refractivity contribution is 0.206. The number of anilines is 1.